The fraction of sp³-hybridized carbons (Fsp3) is 0.231. The molecule has 16 heavy (non-hydrogen) atoms. The van der Waals surface area contributed by atoms with E-state index in [0.29, 0.717) is 6.61 Å². The highest BCUT2D eigenvalue weighted by Gasteiger charge is 2.21. The summed E-state index contributed by atoms with van der Waals surface area (Å²) in [5.74, 6) is 0.902. The molecule has 0 saturated heterocycles. The van der Waals surface area contributed by atoms with Crippen LogP contribution in [0.4, 0.5) is 0 Å². The van der Waals surface area contributed by atoms with E-state index >= 15 is 0 Å². The van der Waals surface area contributed by atoms with Crippen molar-refractivity contribution in [1.29, 1.82) is 0 Å². The average Bonchev–Trinajstić information content (AvgIpc) is 2.31. The summed E-state index contributed by atoms with van der Waals surface area (Å²) in [7, 11) is 0. The van der Waals surface area contributed by atoms with E-state index < -0.39 is 0 Å². The van der Waals surface area contributed by atoms with E-state index in [9.17, 15) is 0 Å². The molecule has 0 saturated carbocycles. The molecule has 2 N–H and O–H groups in total. The Morgan fingerprint density at radius 3 is 2.81 bits per heavy atom. The van der Waals surface area contributed by atoms with Crippen molar-refractivity contribution < 1.29 is 4.74 Å². The molecule has 2 nitrogen and oxygen atoms in total. The normalized spacial score (nSPS) is 19.2. The van der Waals surface area contributed by atoms with Crippen LogP contribution in [-0.2, 0) is 0 Å². The number of fused-ring (bicyclic) bond motifs is 3. The topological polar surface area (TPSA) is 35.2 Å². The number of rotatable bonds is 0. The lowest BCUT2D eigenvalue weighted by molar-refractivity contribution is 0.272. The Hall–Kier alpha value is -1.25. The summed E-state index contributed by atoms with van der Waals surface area (Å²) in [4.78, 5) is 0. The summed E-state index contributed by atoms with van der Waals surface area (Å²) in [6.45, 7) is 0.680. The molecule has 0 amide bonds. The Kier molecular flexibility index (Phi) is 2.27. The lowest BCUT2D eigenvalue weighted by atomic mass is 9.97. The Labute approximate surface area is 99.0 Å². The SMILES string of the molecule is N[C@@H]1CCOc2c1cc(Cl)c1ccccc21. The minimum Gasteiger partial charge on any atom is -0.493 e. The van der Waals surface area contributed by atoms with Gasteiger partial charge in [0.1, 0.15) is 5.75 Å². The van der Waals surface area contributed by atoms with Crippen molar-refractivity contribution in [2.45, 2.75) is 12.5 Å². The van der Waals surface area contributed by atoms with Gasteiger partial charge in [0.25, 0.3) is 0 Å². The molecule has 0 fully saturated rings. The Morgan fingerprint density at radius 2 is 2.00 bits per heavy atom. The summed E-state index contributed by atoms with van der Waals surface area (Å²) < 4.78 is 5.72. The van der Waals surface area contributed by atoms with Crippen molar-refractivity contribution in [3.63, 3.8) is 0 Å². The fourth-order valence-electron chi connectivity index (χ4n) is 2.20. The van der Waals surface area contributed by atoms with Crippen LogP contribution in [0, 0.1) is 0 Å². The van der Waals surface area contributed by atoms with Crippen LogP contribution in [0.2, 0.25) is 5.02 Å². The van der Waals surface area contributed by atoms with Crippen LogP contribution >= 0.6 is 11.6 Å². The second-order valence-electron chi connectivity index (χ2n) is 4.07. The minimum atomic E-state index is 0.0332. The average molecular weight is 234 g/mol. The zero-order valence-corrected chi connectivity index (χ0v) is 9.50. The van der Waals surface area contributed by atoms with Gasteiger partial charge in [-0.3, -0.25) is 0 Å². The minimum absolute atomic E-state index is 0.0332. The first-order valence-electron chi connectivity index (χ1n) is 5.37. The first-order valence-corrected chi connectivity index (χ1v) is 5.74. The van der Waals surface area contributed by atoms with Crippen LogP contribution in [0.1, 0.15) is 18.0 Å². The first-order chi connectivity index (χ1) is 7.77. The molecule has 0 aliphatic carbocycles. The maximum absolute atomic E-state index is 6.25. The van der Waals surface area contributed by atoms with Gasteiger partial charge in [0, 0.05) is 33.8 Å². The van der Waals surface area contributed by atoms with Crippen LogP contribution in [-0.4, -0.2) is 6.61 Å². The molecule has 3 heteroatoms. The molecule has 0 unspecified atom stereocenters. The molecule has 0 spiro atoms. The van der Waals surface area contributed by atoms with Gasteiger partial charge in [-0.05, 0) is 6.07 Å². The molecular weight excluding hydrogens is 222 g/mol. The number of ether oxygens (including phenoxy) is 1. The van der Waals surface area contributed by atoms with Crippen LogP contribution in [0.3, 0.4) is 0 Å². The molecule has 0 radical (unpaired) electrons. The molecule has 1 atom stereocenters. The largest absolute Gasteiger partial charge is 0.493 e. The molecule has 0 aromatic heterocycles. The molecule has 1 aliphatic rings. The van der Waals surface area contributed by atoms with Crippen LogP contribution in [0.15, 0.2) is 30.3 Å². The lowest BCUT2D eigenvalue weighted by Crippen LogP contribution is -2.20. The number of halogens is 1. The maximum Gasteiger partial charge on any atom is 0.131 e. The van der Waals surface area contributed by atoms with E-state index in [1.54, 1.807) is 0 Å². The Morgan fingerprint density at radius 1 is 1.25 bits per heavy atom. The smallest absolute Gasteiger partial charge is 0.131 e. The Balaban J connectivity index is 2.38. The molecule has 2 aromatic rings. The molecule has 2 aromatic carbocycles. The molecule has 1 heterocycles. The molecular formula is C13H12ClNO. The molecule has 82 valence electrons. The third kappa shape index (κ3) is 1.38. The summed E-state index contributed by atoms with van der Waals surface area (Å²) in [6.07, 6.45) is 0.849. The highest BCUT2D eigenvalue weighted by atomic mass is 35.5. The summed E-state index contributed by atoms with van der Waals surface area (Å²) in [5.41, 5.74) is 7.09. The highest BCUT2D eigenvalue weighted by molar-refractivity contribution is 6.36. The van der Waals surface area contributed by atoms with Gasteiger partial charge >= 0.3 is 0 Å². The molecule has 3 rings (SSSR count). The van der Waals surface area contributed by atoms with Gasteiger partial charge in [0.05, 0.1) is 6.61 Å². The van der Waals surface area contributed by atoms with E-state index in [-0.39, 0.29) is 6.04 Å². The molecule has 1 aliphatic heterocycles. The lowest BCUT2D eigenvalue weighted by Gasteiger charge is -2.24. The van der Waals surface area contributed by atoms with Gasteiger partial charge in [-0.15, -0.1) is 0 Å². The summed E-state index contributed by atoms with van der Waals surface area (Å²) in [6, 6.07) is 9.96. The quantitative estimate of drug-likeness (QED) is 0.758. The van der Waals surface area contributed by atoms with Crippen LogP contribution in [0.5, 0.6) is 5.75 Å². The predicted molar refractivity (Wildman–Crippen MR) is 66.0 cm³/mol. The predicted octanol–water partition coefficient (Wildman–Crippen LogP) is 3.28. The van der Waals surface area contributed by atoms with Crippen molar-refractivity contribution in [1.82, 2.24) is 0 Å². The van der Waals surface area contributed by atoms with E-state index in [1.165, 1.54) is 0 Å². The number of benzene rings is 2. The van der Waals surface area contributed by atoms with Crippen molar-refractivity contribution >= 4 is 22.4 Å². The van der Waals surface area contributed by atoms with Gasteiger partial charge in [0.15, 0.2) is 0 Å². The van der Waals surface area contributed by atoms with Gasteiger partial charge in [-0.25, -0.2) is 0 Å². The van der Waals surface area contributed by atoms with Gasteiger partial charge < -0.3 is 10.5 Å². The second-order valence-corrected chi connectivity index (χ2v) is 4.47. The zero-order chi connectivity index (χ0) is 11.1. The number of hydrogen-bond donors (Lipinski definition) is 1. The molecule has 0 bridgehead atoms. The van der Waals surface area contributed by atoms with E-state index in [2.05, 4.69) is 0 Å². The van der Waals surface area contributed by atoms with Gasteiger partial charge in [-0.2, -0.15) is 0 Å². The van der Waals surface area contributed by atoms with Crippen molar-refractivity contribution in [3.8, 4) is 5.75 Å². The Bertz CT molecular complexity index is 553. The summed E-state index contributed by atoms with van der Waals surface area (Å²) in [5, 5.41) is 2.83. The van der Waals surface area contributed by atoms with E-state index in [4.69, 9.17) is 22.1 Å². The third-order valence-electron chi connectivity index (χ3n) is 3.05. The monoisotopic (exact) mass is 233 g/mol. The fourth-order valence-corrected chi connectivity index (χ4v) is 2.49. The maximum atomic E-state index is 6.25. The zero-order valence-electron chi connectivity index (χ0n) is 8.74. The van der Waals surface area contributed by atoms with Crippen molar-refractivity contribution in [2.24, 2.45) is 5.73 Å². The van der Waals surface area contributed by atoms with Crippen LogP contribution < -0.4 is 10.5 Å². The van der Waals surface area contributed by atoms with Gasteiger partial charge in [0.2, 0.25) is 0 Å². The first kappa shape index (κ1) is 9.94. The second kappa shape index (κ2) is 3.65. The van der Waals surface area contributed by atoms with Gasteiger partial charge in [-0.1, -0.05) is 35.9 Å². The summed E-state index contributed by atoms with van der Waals surface area (Å²) >= 11 is 6.25. The number of hydrogen-bond acceptors (Lipinski definition) is 2. The van der Waals surface area contributed by atoms with Crippen molar-refractivity contribution in [3.05, 3.63) is 40.9 Å². The number of nitrogens with two attached hydrogens (primary N) is 1. The standard InChI is InChI=1S/C13H12ClNO/c14-11-7-10-12(15)5-6-16-13(10)9-4-2-1-3-8(9)11/h1-4,7,12H,5-6,15H2/t12-/m1/s1. The van der Waals surface area contributed by atoms with Crippen molar-refractivity contribution in [2.75, 3.05) is 6.61 Å². The van der Waals surface area contributed by atoms with Crippen LogP contribution in [0.25, 0.3) is 10.8 Å². The van der Waals surface area contributed by atoms with E-state index in [0.717, 1.165) is 33.5 Å². The van der Waals surface area contributed by atoms with E-state index in [1.807, 2.05) is 30.3 Å². The third-order valence-corrected chi connectivity index (χ3v) is 3.36. The highest BCUT2D eigenvalue weighted by Crippen LogP contribution is 2.40.